The molecule has 7 heteroatoms. The number of anilines is 1. The molecule has 1 heterocycles. The van der Waals surface area contributed by atoms with Crippen LogP contribution >= 0.6 is 0 Å². The lowest BCUT2D eigenvalue weighted by atomic mass is 10.0. The number of sulfonamides is 1. The first-order valence-electron chi connectivity index (χ1n) is 9.05. The number of amides is 1. The quantitative estimate of drug-likeness (QED) is 0.681. The minimum atomic E-state index is -3.58. The summed E-state index contributed by atoms with van der Waals surface area (Å²) in [5.41, 5.74) is 2.63. The lowest BCUT2D eigenvalue weighted by Crippen LogP contribution is -2.26. The summed E-state index contributed by atoms with van der Waals surface area (Å²) in [6.07, 6.45) is 1.48. The fourth-order valence-electron chi connectivity index (χ4n) is 2.97. The molecule has 1 atom stereocenters. The molecule has 0 aromatic heterocycles. The number of ether oxygens (including phenoxy) is 1. The van der Waals surface area contributed by atoms with Crippen LogP contribution in [0.5, 0.6) is 0 Å². The zero-order chi connectivity index (χ0) is 19.3. The van der Waals surface area contributed by atoms with Gasteiger partial charge in [-0.1, -0.05) is 30.3 Å². The van der Waals surface area contributed by atoms with Crippen LogP contribution in [0.2, 0.25) is 0 Å². The average Bonchev–Trinajstić information content (AvgIpc) is 2.67. The molecule has 1 amide bonds. The van der Waals surface area contributed by atoms with E-state index in [1.807, 2.05) is 37.3 Å². The number of nitrogens with one attached hydrogen (secondary N) is 2. The van der Waals surface area contributed by atoms with Gasteiger partial charge in [-0.25, -0.2) is 13.1 Å². The maximum absolute atomic E-state index is 12.5. The number of fused-ring (bicyclic) bond motifs is 1. The van der Waals surface area contributed by atoms with Crippen LogP contribution in [0.4, 0.5) is 5.69 Å². The van der Waals surface area contributed by atoms with E-state index in [4.69, 9.17) is 4.74 Å². The van der Waals surface area contributed by atoms with E-state index in [-0.39, 0.29) is 16.9 Å². The van der Waals surface area contributed by atoms with Gasteiger partial charge >= 0.3 is 0 Å². The molecule has 2 aromatic carbocycles. The second-order valence-electron chi connectivity index (χ2n) is 6.54. The Morgan fingerprint density at radius 2 is 1.93 bits per heavy atom. The Bertz CT molecular complexity index is 897. The molecule has 1 aliphatic heterocycles. The summed E-state index contributed by atoms with van der Waals surface area (Å²) in [6.45, 7) is 2.75. The summed E-state index contributed by atoms with van der Waals surface area (Å²) in [5, 5.41) is 2.75. The van der Waals surface area contributed by atoms with Gasteiger partial charge < -0.3 is 10.1 Å². The van der Waals surface area contributed by atoms with Gasteiger partial charge in [-0.2, -0.15) is 0 Å². The van der Waals surface area contributed by atoms with Crippen LogP contribution in [0, 0.1) is 0 Å². The van der Waals surface area contributed by atoms with Gasteiger partial charge in [0, 0.05) is 25.3 Å². The standard InChI is InChI=1S/C20H24N2O4S/c1-15(16-6-3-2-4-7-16)26-13-5-12-21-27(24,25)18-9-10-19-17(14-18)8-11-20(23)22-19/h2-4,6-7,9-10,14-15,21H,5,8,11-13H2,1H3,(H,22,23). The van der Waals surface area contributed by atoms with Crippen molar-refractivity contribution in [1.29, 1.82) is 0 Å². The molecule has 1 aliphatic rings. The van der Waals surface area contributed by atoms with E-state index >= 15 is 0 Å². The van der Waals surface area contributed by atoms with Crippen LogP contribution in [0.15, 0.2) is 53.4 Å². The van der Waals surface area contributed by atoms with Gasteiger partial charge in [-0.05, 0) is 49.1 Å². The highest BCUT2D eigenvalue weighted by atomic mass is 32.2. The molecule has 0 spiro atoms. The van der Waals surface area contributed by atoms with E-state index in [9.17, 15) is 13.2 Å². The predicted octanol–water partition coefficient (Wildman–Crippen LogP) is 3.02. The average molecular weight is 388 g/mol. The second kappa shape index (κ2) is 8.65. The van der Waals surface area contributed by atoms with Crippen LogP contribution in [0.25, 0.3) is 0 Å². The zero-order valence-corrected chi connectivity index (χ0v) is 16.1. The molecule has 0 bridgehead atoms. The molecule has 1 unspecified atom stereocenters. The van der Waals surface area contributed by atoms with Crippen LogP contribution in [-0.4, -0.2) is 27.5 Å². The van der Waals surface area contributed by atoms with Gasteiger partial charge in [-0.3, -0.25) is 4.79 Å². The van der Waals surface area contributed by atoms with Gasteiger partial charge in [0.1, 0.15) is 0 Å². The monoisotopic (exact) mass is 388 g/mol. The molecule has 144 valence electrons. The van der Waals surface area contributed by atoms with Crippen molar-refractivity contribution in [3.8, 4) is 0 Å². The summed E-state index contributed by atoms with van der Waals surface area (Å²) in [6, 6.07) is 14.7. The van der Waals surface area contributed by atoms with Gasteiger partial charge in [0.05, 0.1) is 11.0 Å². The SMILES string of the molecule is CC(OCCCNS(=O)(=O)c1ccc2c(c1)CCC(=O)N2)c1ccccc1. The van der Waals surface area contributed by atoms with E-state index in [1.54, 1.807) is 12.1 Å². The zero-order valence-electron chi connectivity index (χ0n) is 15.3. The first-order chi connectivity index (χ1) is 13.0. The van der Waals surface area contributed by atoms with Gasteiger partial charge in [0.25, 0.3) is 0 Å². The lowest BCUT2D eigenvalue weighted by Gasteiger charge is -2.17. The summed E-state index contributed by atoms with van der Waals surface area (Å²) in [7, 11) is -3.58. The Kier molecular flexibility index (Phi) is 6.26. The van der Waals surface area contributed by atoms with E-state index < -0.39 is 10.0 Å². The Labute approximate surface area is 160 Å². The number of rotatable bonds is 8. The minimum absolute atomic E-state index is 0.0290. The topological polar surface area (TPSA) is 84.5 Å². The maximum atomic E-state index is 12.5. The number of aryl methyl sites for hydroxylation is 1. The molecular formula is C20H24N2O4S. The van der Waals surface area contributed by atoms with E-state index in [0.29, 0.717) is 38.1 Å². The first kappa shape index (κ1) is 19.5. The molecule has 2 N–H and O–H groups in total. The van der Waals surface area contributed by atoms with Gasteiger partial charge in [0.2, 0.25) is 15.9 Å². The molecular weight excluding hydrogens is 364 g/mol. The van der Waals surface area contributed by atoms with Crippen LogP contribution in [0.1, 0.15) is 37.0 Å². The number of benzene rings is 2. The van der Waals surface area contributed by atoms with Gasteiger partial charge in [0.15, 0.2) is 0 Å². The highest BCUT2D eigenvalue weighted by molar-refractivity contribution is 7.89. The Hall–Kier alpha value is -2.22. The molecule has 6 nitrogen and oxygen atoms in total. The maximum Gasteiger partial charge on any atom is 0.240 e. The van der Waals surface area contributed by atoms with Crippen LogP contribution in [0.3, 0.4) is 0 Å². The molecule has 27 heavy (non-hydrogen) atoms. The highest BCUT2D eigenvalue weighted by Gasteiger charge is 2.19. The van der Waals surface area contributed by atoms with Crippen molar-refractivity contribution >= 4 is 21.6 Å². The highest BCUT2D eigenvalue weighted by Crippen LogP contribution is 2.25. The number of carbonyl (C=O) groups is 1. The van der Waals surface area contributed by atoms with E-state index in [1.165, 1.54) is 6.07 Å². The largest absolute Gasteiger partial charge is 0.374 e. The van der Waals surface area contributed by atoms with Crippen molar-refractivity contribution in [1.82, 2.24) is 4.72 Å². The molecule has 0 fully saturated rings. The number of hydrogen-bond acceptors (Lipinski definition) is 4. The predicted molar refractivity (Wildman–Crippen MR) is 104 cm³/mol. The Morgan fingerprint density at radius 1 is 1.15 bits per heavy atom. The van der Waals surface area contributed by atoms with E-state index in [2.05, 4.69) is 10.0 Å². The minimum Gasteiger partial charge on any atom is -0.374 e. The summed E-state index contributed by atoms with van der Waals surface area (Å²) in [5.74, 6) is -0.0408. The van der Waals surface area contributed by atoms with Crippen molar-refractivity contribution in [2.24, 2.45) is 0 Å². The van der Waals surface area contributed by atoms with Crippen LogP contribution < -0.4 is 10.0 Å². The first-order valence-corrected chi connectivity index (χ1v) is 10.5. The van der Waals surface area contributed by atoms with Crippen LogP contribution in [-0.2, 0) is 26.0 Å². The number of carbonyl (C=O) groups excluding carboxylic acids is 1. The Morgan fingerprint density at radius 3 is 2.70 bits per heavy atom. The van der Waals surface area contributed by atoms with E-state index in [0.717, 1.165) is 11.1 Å². The van der Waals surface area contributed by atoms with Crippen molar-refractivity contribution in [3.05, 3.63) is 59.7 Å². The summed E-state index contributed by atoms with van der Waals surface area (Å²) < 4.78 is 33.3. The fraction of sp³-hybridized carbons (Fsp3) is 0.350. The Balaban J connectivity index is 1.48. The third-order valence-electron chi connectivity index (χ3n) is 4.53. The number of hydrogen-bond donors (Lipinski definition) is 2. The summed E-state index contributed by atoms with van der Waals surface area (Å²) >= 11 is 0. The molecule has 0 saturated carbocycles. The normalized spacial score (nSPS) is 15.1. The van der Waals surface area contributed by atoms with Gasteiger partial charge in [-0.15, -0.1) is 0 Å². The van der Waals surface area contributed by atoms with Crippen molar-refractivity contribution < 1.29 is 17.9 Å². The fourth-order valence-corrected chi connectivity index (χ4v) is 4.09. The summed E-state index contributed by atoms with van der Waals surface area (Å²) in [4.78, 5) is 11.6. The molecule has 0 saturated heterocycles. The second-order valence-corrected chi connectivity index (χ2v) is 8.31. The molecule has 0 aliphatic carbocycles. The molecule has 0 radical (unpaired) electrons. The third-order valence-corrected chi connectivity index (χ3v) is 5.99. The molecule has 3 rings (SSSR count). The van der Waals surface area contributed by atoms with Crippen molar-refractivity contribution in [2.75, 3.05) is 18.5 Å². The van der Waals surface area contributed by atoms with Crippen molar-refractivity contribution in [2.45, 2.75) is 37.2 Å². The molecule has 2 aromatic rings. The third kappa shape index (κ3) is 5.15. The lowest BCUT2D eigenvalue weighted by molar-refractivity contribution is -0.116. The van der Waals surface area contributed by atoms with Crippen molar-refractivity contribution in [3.63, 3.8) is 0 Å². The smallest absolute Gasteiger partial charge is 0.240 e.